The molecule has 0 atom stereocenters. The summed E-state index contributed by atoms with van der Waals surface area (Å²) in [5.41, 5.74) is 9.72. The summed E-state index contributed by atoms with van der Waals surface area (Å²) >= 11 is 3.24. The van der Waals surface area contributed by atoms with Crippen molar-refractivity contribution >= 4 is 35.0 Å². The maximum absolute atomic E-state index is 12.6. The Hall–Kier alpha value is -2.45. The van der Waals surface area contributed by atoms with Crippen molar-refractivity contribution in [1.29, 1.82) is 0 Å². The molecule has 26 heavy (non-hydrogen) atoms. The van der Waals surface area contributed by atoms with Crippen molar-refractivity contribution in [2.75, 3.05) is 5.43 Å². The van der Waals surface area contributed by atoms with Gasteiger partial charge in [0.2, 0.25) is 5.95 Å². The molecule has 0 aliphatic rings. The SMILES string of the molecule is Cc1cc(C)nc(NNC(=O)c2ccccc2CSc2nc(C)cs2)n1. The zero-order chi connectivity index (χ0) is 18.5. The number of thiazole rings is 1. The number of hydrazine groups is 1. The van der Waals surface area contributed by atoms with Gasteiger partial charge in [-0.1, -0.05) is 30.0 Å². The number of aryl methyl sites for hydroxylation is 3. The lowest BCUT2D eigenvalue weighted by Crippen LogP contribution is -2.31. The lowest BCUT2D eigenvalue weighted by atomic mass is 10.1. The molecular weight excluding hydrogens is 366 g/mol. The van der Waals surface area contributed by atoms with Gasteiger partial charge in [0.05, 0.1) is 0 Å². The number of carbonyl (C=O) groups excluding carboxylic acids is 1. The van der Waals surface area contributed by atoms with E-state index in [1.165, 1.54) is 0 Å². The second kappa shape index (κ2) is 8.29. The number of hydrogen-bond donors (Lipinski definition) is 2. The van der Waals surface area contributed by atoms with E-state index in [4.69, 9.17) is 0 Å². The highest BCUT2D eigenvalue weighted by molar-refractivity contribution is 8.00. The molecule has 2 N–H and O–H groups in total. The van der Waals surface area contributed by atoms with E-state index in [2.05, 4.69) is 25.8 Å². The number of aromatic nitrogens is 3. The Morgan fingerprint density at radius 1 is 1.08 bits per heavy atom. The first-order chi connectivity index (χ1) is 12.5. The molecule has 2 aromatic heterocycles. The van der Waals surface area contributed by atoms with Crippen LogP contribution in [-0.2, 0) is 5.75 Å². The molecule has 0 unspecified atom stereocenters. The molecule has 0 bridgehead atoms. The fourth-order valence-corrected chi connectivity index (χ4v) is 4.22. The van der Waals surface area contributed by atoms with Crippen molar-refractivity contribution in [3.63, 3.8) is 0 Å². The number of carbonyl (C=O) groups is 1. The monoisotopic (exact) mass is 385 g/mol. The molecule has 0 aliphatic heterocycles. The van der Waals surface area contributed by atoms with Crippen LogP contribution in [0.2, 0.25) is 0 Å². The molecule has 3 rings (SSSR count). The van der Waals surface area contributed by atoms with Crippen molar-refractivity contribution in [1.82, 2.24) is 20.4 Å². The second-order valence-electron chi connectivity index (χ2n) is 5.75. The maximum Gasteiger partial charge on any atom is 0.270 e. The molecule has 0 fully saturated rings. The molecule has 1 aromatic carbocycles. The quantitative estimate of drug-likeness (QED) is 0.495. The topological polar surface area (TPSA) is 79.8 Å². The van der Waals surface area contributed by atoms with Crippen LogP contribution in [0.25, 0.3) is 0 Å². The van der Waals surface area contributed by atoms with Gasteiger partial charge < -0.3 is 0 Å². The minimum atomic E-state index is -0.223. The molecule has 3 aromatic rings. The summed E-state index contributed by atoms with van der Waals surface area (Å²) in [5.74, 6) is 0.830. The van der Waals surface area contributed by atoms with Crippen molar-refractivity contribution in [2.24, 2.45) is 0 Å². The average molecular weight is 386 g/mol. The Balaban J connectivity index is 1.67. The number of hydrogen-bond acceptors (Lipinski definition) is 7. The number of nitrogens with zero attached hydrogens (tertiary/aromatic N) is 3. The Labute approximate surface area is 160 Å². The minimum absolute atomic E-state index is 0.223. The van der Waals surface area contributed by atoms with Crippen molar-refractivity contribution < 1.29 is 4.79 Å². The summed E-state index contributed by atoms with van der Waals surface area (Å²) in [7, 11) is 0. The number of amides is 1. The molecule has 1 amide bonds. The number of nitrogens with one attached hydrogen (secondary N) is 2. The number of thioether (sulfide) groups is 1. The van der Waals surface area contributed by atoms with Crippen molar-refractivity contribution in [3.8, 4) is 0 Å². The predicted molar refractivity (Wildman–Crippen MR) is 105 cm³/mol. The summed E-state index contributed by atoms with van der Waals surface area (Å²) in [4.78, 5) is 25.5. The lowest BCUT2D eigenvalue weighted by molar-refractivity contribution is 0.0961. The molecule has 0 radical (unpaired) electrons. The van der Waals surface area contributed by atoms with Gasteiger partial charge in [0.15, 0.2) is 0 Å². The number of rotatable bonds is 6. The highest BCUT2D eigenvalue weighted by atomic mass is 32.2. The standard InChI is InChI=1S/C18H19N5OS2/c1-11-8-12(2)20-17(19-11)23-22-16(24)15-7-5-4-6-14(15)10-26-18-21-13(3)9-25-18/h4-9H,10H2,1-3H3,(H,22,24)(H,19,20,23). The summed E-state index contributed by atoms with van der Waals surface area (Å²) < 4.78 is 1.000. The Bertz CT molecular complexity index is 905. The van der Waals surface area contributed by atoms with Crippen LogP contribution in [0.1, 0.15) is 33.0 Å². The first-order valence-corrected chi connectivity index (χ1v) is 9.89. The fraction of sp³-hybridized carbons (Fsp3) is 0.222. The Kier molecular flexibility index (Phi) is 5.85. The minimum Gasteiger partial charge on any atom is -0.267 e. The van der Waals surface area contributed by atoms with Crippen LogP contribution in [-0.4, -0.2) is 20.9 Å². The van der Waals surface area contributed by atoms with E-state index >= 15 is 0 Å². The smallest absolute Gasteiger partial charge is 0.267 e. The predicted octanol–water partition coefficient (Wildman–Crippen LogP) is 3.91. The van der Waals surface area contributed by atoms with Gasteiger partial charge in [0, 0.05) is 33.8 Å². The van der Waals surface area contributed by atoms with Gasteiger partial charge in [-0.25, -0.2) is 15.0 Å². The molecule has 0 saturated heterocycles. The lowest BCUT2D eigenvalue weighted by Gasteiger charge is -2.11. The third kappa shape index (κ3) is 4.80. The first-order valence-electron chi connectivity index (χ1n) is 8.03. The van der Waals surface area contributed by atoms with Crippen molar-refractivity contribution in [3.05, 3.63) is 63.9 Å². The molecule has 0 spiro atoms. The van der Waals surface area contributed by atoms with E-state index < -0.39 is 0 Å². The summed E-state index contributed by atoms with van der Waals surface area (Å²) in [6.07, 6.45) is 0. The van der Waals surface area contributed by atoms with Crippen LogP contribution in [0.3, 0.4) is 0 Å². The zero-order valence-electron chi connectivity index (χ0n) is 14.7. The number of benzene rings is 1. The summed E-state index contributed by atoms with van der Waals surface area (Å²) in [5, 5.41) is 2.02. The van der Waals surface area contributed by atoms with E-state index in [9.17, 15) is 4.79 Å². The van der Waals surface area contributed by atoms with E-state index in [1.54, 1.807) is 23.1 Å². The van der Waals surface area contributed by atoms with Crippen LogP contribution in [0.15, 0.2) is 40.1 Å². The van der Waals surface area contributed by atoms with Crippen molar-refractivity contribution in [2.45, 2.75) is 30.9 Å². The Morgan fingerprint density at radius 2 is 1.81 bits per heavy atom. The fourth-order valence-electron chi connectivity index (χ4n) is 2.37. The van der Waals surface area contributed by atoms with Gasteiger partial charge in [0.25, 0.3) is 5.91 Å². The molecule has 0 saturated carbocycles. The van der Waals surface area contributed by atoms with E-state index in [-0.39, 0.29) is 5.91 Å². The molecular formula is C18H19N5OS2. The zero-order valence-corrected chi connectivity index (χ0v) is 16.4. The average Bonchev–Trinajstić information content (AvgIpc) is 3.03. The van der Waals surface area contributed by atoms with Gasteiger partial charge in [-0.15, -0.1) is 11.3 Å². The van der Waals surface area contributed by atoms with Crippen LogP contribution < -0.4 is 10.9 Å². The summed E-state index contributed by atoms with van der Waals surface area (Å²) in [6, 6.07) is 9.42. The van der Waals surface area contributed by atoms with Gasteiger partial charge in [-0.3, -0.25) is 15.6 Å². The van der Waals surface area contributed by atoms with Crippen LogP contribution in [0.4, 0.5) is 5.95 Å². The van der Waals surface area contributed by atoms with Crippen LogP contribution >= 0.6 is 23.1 Å². The van der Waals surface area contributed by atoms with Crippen LogP contribution in [0.5, 0.6) is 0 Å². The maximum atomic E-state index is 12.6. The first kappa shape index (κ1) is 18.3. The highest BCUT2D eigenvalue weighted by Crippen LogP contribution is 2.27. The molecule has 8 heteroatoms. The van der Waals surface area contributed by atoms with Gasteiger partial charge in [-0.05, 0) is 38.5 Å². The second-order valence-corrected chi connectivity index (χ2v) is 7.83. The van der Waals surface area contributed by atoms with E-state index in [0.29, 0.717) is 17.3 Å². The van der Waals surface area contributed by atoms with Gasteiger partial charge in [0.1, 0.15) is 4.34 Å². The summed E-state index contributed by atoms with van der Waals surface area (Å²) in [6.45, 7) is 5.74. The molecule has 134 valence electrons. The largest absolute Gasteiger partial charge is 0.270 e. The third-order valence-corrected chi connectivity index (χ3v) is 5.67. The normalized spacial score (nSPS) is 10.6. The van der Waals surface area contributed by atoms with Gasteiger partial charge in [-0.2, -0.15) is 0 Å². The third-order valence-electron chi connectivity index (χ3n) is 3.48. The Morgan fingerprint density at radius 3 is 2.50 bits per heavy atom. The van der Waals surface area contributed by atoms with Gasteiger partial charge >= 0.3 is 0 Å². The highest BCUT2D eigenvalue weighted by Gasteiger charge is 2.12. The molecule has 6 nitrogen and oxygen atoms in total. The van der Waals surface area contributed by atoms with E-state index in [0.717, 1.165) is 27.0 Å². The number of anilines is 1. The molecule has 2 heterocycles. The molecule has 0 aliphatic carbocycles. The van der Waals surface area contributed by atoms with Crippen LogP contribution in [0, 0.1) is 20.8 Å². The van der Waals surface area contributed by atoms with E-state index in [1.807, 2.05) is 56.5 Å².